The van der Waals surface area contributed by atoms with Crippen LogP contribution in [0.4, 0.5) is 10.2 Å². The van der Waals surface area contributed by atoms with Crippen molar-refractivity contribution in [3.05, 3.63) is 57.4 Å². The van der Waals surface area contributed by atoms with Gasteiger partial charge in [-0.2, -0.15) is 0 Å². The number of pyridine rings is 1. The standard InChI is InChI=1S/C12H9BrClFN2/c13-11-5-9(14)7-17-12(11)16-6-8-1-3-10(15)4-2-8/h1-5,7H,6H2,(H,16,17). The first-order valence-electron chi connectivity index (χ1n) is 4.94. The van der Waals surface area contributed by atoms with Gasteiger partial charge >= 0.3 is 0 Å². The zero-order valence-corrected chi connectivity index (χ0v) is 11.1. The van der Waals surface area contributed by atoms with Crippen LogP contribution in [-0.4, -0.2) is 4.98 Å². The molecule has 88 valence electrons. The Balaban J connectivity index is 2.04. The van der Waals surface area contributed by atoms with Crippen LogP contribution in [0.1, 0.15) is 5.56 Å². The summed E-state index contributed by atoms with van der Waals surface area (Å²) in [5.41, 5.74) is 0.982. The van der Waals surface area contributed by atoms with Crippen molar-refractivity contribution in [2.45, 2.75) is 6.54 Å². The van der Waals surface area contributed by atoms with E-state index in [1.165, 1.54) is 12.1 Å². The second-order valence-electron chi connectivity index (χ2n) is 3.46. The Labute approximate surface area is 112 Å². The Morgan fingerprint density at radius 2 is 2.00 bits per heavy atom. The predicted molar refractivity (Wildman–Crippen MR) is 70.7 cm³/mol. The maximum Gasteiger partial charge on any atom is 0.140 e. The van der Waals surface area contributed by atoms with Crippen molar-refractivity contribution in [3.8, 4) is 0 Å². The quantitative estimate of drug-likeness (QED) is 0.916. The van der Waals surface area contributed by atoms with Gasteiger partial charge in [-0.1, -0.05) is 23.7 Å². The van der Waals surface area contributed by atoms with Crippen molar-refractivity contribution in [3.63, 3.8) is 0 Å². The number of hydrogen-bond acceptors (Lipinski definition) is 2. The van der Waals surface area contributed by atoms with Crippen LogP contribution in [0.2, 0.25) is 5.02 Å². The molecule has 0 bridgehead atoms. The number of anilines is 1. The van der Waals surface area contributed by atoms with E-state index in [0.717, 1.165) is 10.0 Å². The molecule has 1 aromatic heterocycles. The second kappa shape index (κ2) is 5.47. The average molecular weight is 316 g/mol. The Kier molecular flexibility index (Phi) is 3.97. The molecule has 0 atom stereocenters. The highest BCUT2D eigenvalue weighted by molar-refractivity contribution is 9.10. The van der Waals surface area contributed by atoms with Crippen LogP contribution in [0, 0.1) is 5.82 Å². The molecule has 0 amide bonds. The molecule has 1 aromatic carbocycles. The molecule has 0 aliphatic rings. The number of benzene rings is 1. The van der Waals surface area contributed by atoms with Crippen molar-refractivity contribution < 1.29 is 4.39 Å². The van der Waals surface area contributed by atoms with E-state index < -0.39 is 0 Å². The second-order valence-corrected chi connectivity index (χ2v) is 4.75. The van der Waals surface area contributed by atoms with Gasteiger partial charge in [0, 0.05) is 12.7 Å². The Morgan fingerprint density at radius 3 is 2.65 bits per heavy atom. The molecule has 0 fully saturated rings. The third-order valence-electron chi connectivity index (χ3n) is 2.18. The molecular weight excluding hydrogens is 307 g/mol. The fourth-order valence-corrected chi connectivity index (χ4v) is 2.11. The molecular formula is C12H9BrClFN2. The fourth-order valence-electron chi connectivity index (χ4n) is 1.33. The average Bonchev–Trinajstić information content (AvgIpc) is 2.30. The van der Waals surface area contributed by atoms with Gasteiger partial charge in [0.1, 0.15) is 11.6 Å². The van der Waals surface area contributed by atoms with Crippen molar-refractivity contribution >= 4 is 33.3 Å². The number of rotatable bonds is 3. The van der Waals surface area contributed by atoms with Crippen LogP contribution in [0.15, 0.2) is 41.0 Å². The molecule has 1 heterocycles. The summed E-state index contributed by atoms with van der Waals surface area (Å²) in [6, 6.07) is 8.09. The fraction of sp³-hybridized carbons (Fsp3) is 0.0833. The summed E-state index contributed by atoms with van der Waals surface area (Å²) in [4.78, 5) is 4.15. The molecule has 0 radical (unpaired) electrons. The summed E-state index contributed by atoms with van der Waals surface area (Å²) in [5, 5.41) is 3.71. The van der Waals surface area contributed by atoms with Crippen LogP contribution in [0.25, 0.3) is 0 Å². The summed E-state index contributed by atoms with van der Waals surface area (Å²) in [7, 11) is 0. The minimum Gasteiger partial charge on any atom is -0.365 e. The highest BCUT2D eigenvalue weighted by atomic mass is 79.9. The van der Waals surface area contributed by atoms with Crippen molar-refractivity contribution in [1.29, 1.82) is 0 Å². The van der Waals surface area contributed by atoms with Crippen molar-refractivity contribution in [2.75, 3.05) is 5.32 Å². The van der Waals surface area contributed by atoms with Crippen LogP contribution in [-0.2, 0) is 6.54 Å². The SMILES string of the molecule is Fc1ccc(CNc2ncc(Cl)cc2Br)cc1. The molecule has 1 N–H and O–H groups in total. The van der Waals surface area contributed by atoms with Crippen LogP contribution < -0.4 is 5.32 Å². The lowest BCUT2D eigenvalue weighted by Crippen LogP contribution is -2.01. The number of hydrogen-bond donors (Lipinski definition) is 1. The van der Waals surface area contributed by atoms with E-state index in [4.69, 9.17) is 11.6 Å². The number of aromatic nitrogens is 1. The molecule has 17 heavy (non-hydrogen) atoms. The van der Waals surface area contributed by atoms with Gasteiger partial charge < -0.3 is 5.32 Å². The minimum atomic E-state index is -0.237. The first-order valence-corrected chi connectivity index (χ1v) is 6.11. The predicted octanol–water partition coefficient (Wildman–Crippen LogP) is 4.25. The van der Waals surface area contributed by atoms with Gasteiger partial charge in [0.05, 0.1) is 9.50 Å². The van der Waals surface area contributed by atoms with E-state index >= 15 is 0 Å². The van der Waals surface area contributed by atoms with Crippen molar-refractivity contribution in [1.82, 2.24) is 4.98 Å². The molecule has 0 unspecified atom stereocenters. The van der Waals surface area contributed by atoms with E-state index in [-0.39, 0.29) is 5.82 Å². The molecule has 2 rings (SSSR count). The van der Waals surface area contributed by atoms with E-state index in [9.17, 15) is 4.39 Å². The summed E-state index contributed by atoms with van der Waals surface area (Å²) < 4.78 is 13.5. The van der Waals surface area contributed by atoms with Crippen LogP contribution in [0.3, 0.4) is 0 Å². The van der Waals surface area contributed by atoms with Crippen molar-refractivity contribution in [2.24, 2.45) is 0 Å². The molecule has 0 spiro atoms. The Morgan fingerprint density at radius 1 is 1.29 bits per heavy atom. The van der Waals surface area contributed by atoms with E-state index in [1.54, 1.807) is 24.4 Å². The Hall–Kier alpha value is -1.13. The van der Waals surface area contributed by atoms with Gasteiger partial charge in [-0.3, -0.25) is 0 Å². The lowest BCUT2D eigenvalue weighted by molar-refractivity contribution is 0.627. The zero-order chi connectivity index (χ0) is 12.3. The smallest absolute Gasteiger partial charge is 0.140 e. The Bertz CT molecular complexity index is 516. The third-order valence-corrected chi connectivity index (χ3v) is 2.99. The van der Waals surface area contributed by atoms with Gasteiger partial charge in [-0.25, -0.2) is 9.37 Å². The summed E-state index contributed by atoms with van der Waals surface area (Å²) in [6.45, 7) is 0.577. The summed E-state index contributed by atoms with van der Waals surface area (Å²) >= 11 is 9.15. The monoisotopic (exact) mass is 314 g/mol. The first kappa shape index (κ1) is 12.3. The molecule has 0 aliphatic carbocycles. The van der Waals surface area contributed by atoms with Gasteiger partial charge in [-0.15, -0.1) is 0 Å². The molecule has 0 aliphatic heterocycles. The zero-order valence-electron chi connectivity index (χ0n) is 8.75. The lowest BCUT2D eigenvalue weighted by Gasteiger charge is -2.07. The number of nitrogens with one attached hydrogen (secondary N) is 1. The molecule has 2 nitrogen and oxygen atoms in total. The minimum absolute atomic E-state index is 0.237. The van der Waals surface area contributed by atoms with E-state index in [2.05, 4.69) is 26.2 Å². The van der Waals surface area contributed by atoms with E-state index in [0.29, 0.717) is 17.4 Å². The van der Waals surface area contributed by atoms with Gasteiger partial charge in [0.2, 0.25) is 0 Å². The largest absolute Gasteiger partial charge is 0.365 e. The number of halogens is 3. The molecule has 0 saturated carbocycles. The topological polar surface area (TPSA) is 24.9 Å². The lowest BCUT2D eigenvalue weighted by atomic mass is 10.2. The highest BCUT2D eigenvalue weighted by Crippen LogP contribution is 2.23. The third kappa shape index (κ3) is 3.41. The van der Waals surface area contributed by atoms with Crippen LogP contribution >= 0.6 is 27.5 Å². The van der Waals surface area contributed by atoms with Gasteiger partial charge in [0.25, 0.3) is 0 Å². The normalized spacial score (nSPS) is 10.3. The molecule has 5 heteroatoms. The summed E-state index contributed by atoms with van der Waals surface area (Å²) in [6.07, 6.45) is 1.57. The molecule has 2 aromatic rings. The molecule has 0 saturated heterocycles. The summed E-state index contributed by atoms with van der Waals surface area (Å²) in [5.74, 6) is 0.471. The van der Waals surface area contributed by atoms with Gasteiger partial charge in [0.15, 0.2) is 0 Å². The first-order chi connectivity index (χ1) is 8.15. The van der Waals surface area contributed by atoms with Gasteiger partial charge in [-0.05, 0) is 39.7 Å². The number of nitrogens with zero attached hydrogens (tertiary/aromatic N) is 1. The maximum absolute atomic E-state index is 12.7. The highest BCUT2D eigenvalue weighted by Gasteiger charge is 2.02. The maximum atomic E-state index is 12.7. The van der Waals surface area contributed by atoms with Crippen LogP contribution in [0.5, 0.6) is 0 Å². The van der Waals surface area contributed by atoms with E-state index in [1.807, 2.05) is 0 Å².